The molecule has 0 bridgehead atoms. The van der Waals surface area contributed by atoms with Gasteiger partial charge in [-0.1, -0.05) is 35.9 Å². The molecule has 0 fully saturated rings. The van der Waals surface area contributed by atoms with Crippen LogP contribution in [0.15, 0.2) is 42.5 Å². The summed E-state index contributed by atoms with van der Waals surface area (Å²) in [6, 6.07) is 14.6. The van der Waals surface area contributed by atoms with Crippen LogP contribution in [-0.2, 0) is 0 Å². The van der Waals surface area contributed by atoms with Gasteiger partial charge in [0, 0.05) is 0 Å². The Morgan fingerprint density at radius 2 is 1.71 bits per heavy atom. The number of aryl methyl sites for hydroxylation is 1. The first kappa shape index (κ1) is 9.90. The third kappa shape index (κ3) is 1.76. The van der Waals surface area contributed by atoms with Gasteiger partial charge in [0.25, 0.3) is 0 Å². The second-order valence-corrected chi connectivity index (χ2v) is 4.22. The van der Waals surface area contributed by atoms with E-state index in [1.54, 1.807) is 0 Å². The Morgan fingerprint density at radius 1 is 1.00 bits per heavy atom. The van der Waals surface area contributed by atoms with Crippen LogP contribution < -0.4 is 5.73 Å². The highest BCUT2D eigenvalue weighted by Gasteiger charge is 2.02. The fourth-order valence-electron chi connectivity index (χ4n) is 1.95. The summed E-state index contributed by atoms with van der Waals surface area (Å²) in [7, 11) is 0. The van der Waals surface area contributed by atoms with Gasteiger partial charge >= 0.3 is 0 Å². The summed E-state index contributed by atoms with van der Waals surface area (Å²) in [4.78, 5) is 7.25. The standard InChI is InChI=1S/C14H13N3/c1-9-2-4-10(5-3-9)11-6-7-12-13(8-11)17-14(15)16-12/h2-8H,1H3,(H3,15,16,17). The molecule has 0 amide bonds. The van der Waals surface area contributed by atoms with Crippen molar-refractivity contribution in [3.05, 3.63) is 48.0 Å². The van der Waals surface area contributed by atoms with Crippen molar-refractivity contribution < 1.29 is 0 Å². The van der Waals surface area contributed by atoms with Gasteiger partial charge < -0.3 is 10.7 Å². The van der Waals surface area contributed by atoms with E-state index in [4.69, 9.17) is 5.73 Å². The zero-order valence-electron chi connectivity index (χ0n) is 9.57. The smallest absolute Gasteiger partial charge is 0.198 e. The maximum atomic E-state index is 5.63. The number of hydrogen-bond donors (Lipinski definition) is 2. The van der Waals surface area contributed by atoms with Gasteiger partial charge in [-0.25, -0.2) is 4.98 Å². The number of nitrogen functional groups attached to an aromatic ring is 1. The summed E-state index contributed by atoms with van der Waals surface area (Å²) in [5, 5.41) is 0. The number of aromatic nitrogens is 2. The Kier molecular flexibility index (Phi) is 2.11. The fraction of sp³-hybridized carbons (Fsp3) is 0.0714. The van der Waals surface area contributed by atoms with Gasteiger partial charge in [0.05, 0.1) is 11.0 Å². The van der Waals surface area contributed by atoms with E-state index in [2.05, 4.69) is 47.2 Å². The van der Waals surface area contributed by atoms with Gasteiger partial charge in [0.2, 0.25) is 0 Å². The Bertz CT molecular complexity index is 666. The molecular formula is C14H13N3. The van der Waals surface area contributed by atoms with Crippen LogP contribution in [-0.4, -0.2) is 9.97 Å². The van der Waals surface area contributed by atoms with E-state index in [9.17, 15) is 0 Å². The number of rotatable bonds is 1. The van der Waals surface area contributed by atoms with E-state index < -0.39 is 0 Å². The number of nitrogens with one attached hydrogen (secondary N) is 1. The lowest BCUT2D eigenvalue weighted by Crippen LogP contribution is -1.84. The molecular weight excluding hydrogens is 210 g/mol. The number of fused-ring (bicyclic) bond motifs is 1. The van der Waals surface area contributed by atoms with Crippen LogP contribution in [0.1, 0.15) is 5.56 Å². The quantitative estimate of drug-likeness (QED) is 0.666. The van der Waals surface area contributed by atoms with Crippen molar-refractivity contribution in [2.24, 2.45) is 0 Å². The van der Waals surface area contributed by atoms with E-state index in [1.807, 2.05) is 12.1 Å². The van der Waals surface area contributed by atoms with Crippen molar-refractivity contribution in [1.82, 2.24) is 9.97 Å². The first-order valence-electron chi connectivity index (χ1n) is 5.55. The summed E-state index contributed by atoms with van der Waals surface area (Å²) >= 11 is 0. The van der Waals surface area contributed by atoms with Crippen LogP contribution >= 0.6 is 0 Å². The van der Waals surface area contributed by atoms with Gasteiger partial charge in [-0.2, -0.15) is 0 Å². The van der Waals surface area contributed by atoms with Crippen molar-refractivity contribution >= 4 is 17.0 Å². The lowest BCUT2D eigenvalue weighted by molar-refractivity contribution is 1.35. The number of imidazole rings is 1. The molecule has 3 rings (SSSR count). The molecule has 1 heterocycles. The summed E-state index contributed by atoms with van der Waals surface area (Å²) in [5.41, 5.74) is 11.1. The zero-order chi connectivity index (χ0) is 11.8. The van der Waals surface area contributed by atoms with E-state index in [0.29, 0.717) is 5.95 Å². The molecule has 2 aromatic carbocycles. The van der Waals surface area contributed by atoms with E-state index in [0.717, 1.165) is 16.6 Å². The summed E-state index contributed by atoms with van der Waals surface area (Å²) in [6.45, 7) is 2.08. The number of hydrogen-bond acceptors (Lipinski definition) is 2. The summed E-state index contributed by atoms with van der Waals surface area (Å²) in [6.07, 6.45) is 0. The van der Waals surface area contributed by atoms with Crippen LogP contribution in [0.2, 0.25) is 0 Å². The summed E-state index contributed by atoms with van der Waals surface area (Å²) < 4.78 is 0. The molecule has 0 spiro atoms. The van der Waals surface area contributed by atoms with Gasteiger partial charge in [0.1, 0.15) is 0 Å². The number of benzene rings is 2. The lowest BCUT2D eigenvalue weighted by atomic mass is 10.0. The number of aromatic amines is 1. The minimum absolute atomic E-state index is 0.459. The minimum Gasteiger partial charge on any atom is -0.369 e. The van der Waals surface area contributed by atoms with Crippen LogP contribution in [0.25, 0.3) is 22.2 Å². The molecule has 0 saturated carbocycles. The Hall–Kier alpha value is -2.29. The van der Waals surface area contributed by atoms with Crippen LogP contribution in [0, 0.1) is 6.92 Å². The molecule has 0 unspecified atom stereocenters. The largest absolute Gasteiger partial charge is 0.369 e. The Morgan fingerprint density at radius 3 is 2.47 bits per heavy atom. The lowest BCUT2D eigenvalue weighted by Gasteiger charge is -2.01. The van der Waals surface area contributed by atoms with Crippen molar-refractivity contribution in [3.63, 3.8) is 0 Å². The van der Waals surface area contributed by atoms with E-state index >= 15 is 0 Å². The molecule has 3 aromatic rings. The zero-order valence-corrected chi connectivity index (χ0v) is 9.57. The molecule has 0 aliphatic rings. The topological polar surface area (TPSA) is 54.7 Å². The predicted octanol–water partition coefficient (Wildman–Crippen LogP) is 3.12. The first-order valence-corrected chi connectivity index (χ1v) is 5.55. The number of nitrogens with zero attached hydrogens (tertiary/aromatic N) is 1. The van der Waals surface area contributed by atoms with Crippen molar-refractivity contribution in [3.8, 4) is 11.1 Å². The second-order valence-electron chi connectivity index (χ2n) is 4.22. The molecule has 1 aromatic heterocycles. The van der Waals surface area contributed by atoms with Crippen LogP contribution in [0.3, 0.4) is 0 Å². The first-order chi connectivity index (χ1) is 8.22. The molecule has 84 valence electrons. The third-order valence-electron chi connectivity index (χ3n) is 2.89. The number of H-pyrrole nitrogens is 1. The highest BCUT2D eigenvalue weighted by atomic mass is 15.0. The van der Waals surface area contributed by atoms with Crippen molar-refractivity contribution in [2.75, 3.05) is 5.73 Å². The van der Waals surface area contributed by atoms with Gasteiger partial charge in [-0.3, -0.25) is 0 Å². The average Bonchev–Trinajstić information content (AvgIpc) is 2.69. The van der Waals surface area contributed by atoms with Crippen molar-refractivity contribution in [1.29, 1.82) is 0 Å². The average molecular weight is 223 g/mol. The van der Waals surface area contributed by atoms with Gasteiger partial charge in [-0.05, 0) is 30.2 Å². The second kappa shape index (κ2) is 3.63. The fourth-order valence-corrected chi connectivity index (χ4v) is 1.95. The molecule has 0 aliphatic heterocycles. The Balaban J connectivity index is 2.13. The maximum Gasteiger partial charge on any atom is 0.198 e. The molecule has 0 radical (unpaired) electrons. The van der Waals surface area contributed by atoms with E-state index in [-0.39, 0.29) is 0 Å². The minimum atomic E-state index is 0.459. The highest BCUT2D eigenvalue weighted by molar-refractivity contribution is 5.83. The van der Waals surface area contributed by atoms with Crippen molar-refractivity contribution in [2.45, 2.75) is 6.92 Å². The Labute approximate surface area is 99.3 Å². The van der Waals surface area contributed by atoms with Crippen LogP contribution in [0.4, 0.5) is 5.95 Å². The number of anilines is 1. The molecule has 3 nitrogen and oxygen atoms in total. The molecule has 17 heavy (non-hydrogen) atoms. The molecule has 0 saturated heterocycles. The van der Waals surface area contributed by atoms with E-state index in [1.165, 1.54) is 11.1 Å². The molecule has 3 heteroatoms. The summed E-state index contributed by atoms with van der Waals surface area (Å²) in [5.74, 6) is 0.459. The van der Waals surface area contributed by atoms with Crippen LogP contribution in [0.5, 0.6) is 0 Å². The molecule has 0 atom stereocenters. The number of nitrogens with two attached hydrogens (primary N) is 1. The predicted molar refractivity (Wildman–Crippen MR) is 70.7 cm³/mol. The highest BCUT2D eigenvalue weighted by Crippen LogP contribution is 2.23. The molecule has 3 N–H and O–H groups in total. The van der Waals surface area contributed by atoms with Gasteiger partial charge in [0.15, 0.2) is 5.95 Å². The monoisotopic (exact) mass is 223 g/mol. The maximum absolute atomic E-state index is 5.63. The normalized spacial score (nSPS) is 10.9. The third-order valence-corrected chi connectivity index (χ3v) is 2.89. The molecule has 0 aliphatic carbocycles. The van der Waals surface area contributed by atoms with Gasteiger partial charge in [-0.15, -0.1) is 0 Å². The SMILES string of the molecule is Cc1ccc(-c2ccc3[nH]c(N)nc3c2)cc1.